The number of benzene rings is 1. The summed E-state index contributed by atoms with van der Waals surface area (Å²) in [6.07, 6.45) is 8.87. The van der Waals surface area contributed by atoms with Gasteiger partial charge in [0, 0.05) is 20.0 Å². The summed E-state index contributed by atoms with van der Waals surface area (Å²) >= 11 is 0. The summed E-state index contributed by atoms with van der Waals surface area (Å²) < 4.78 is 2.43. The molecule has 1 saturated carbocycles. The first-order valence-corrected chi connectivity index (χ1v) is 9.46. The molecule has 2 aliphatic rings. The molecule has 0 radical (unpaired) electrons. The summed E-state index contributed by atoms with van der Waals surface area (Å²) in [5, 5.41) is 0. The Balaban J connectivity index is 1.73. The lowest BCUT2D eigenvalue weighted by atomic mass is 9.89. The standard InChI is InChI=1S/C20H27N3O/c1-15(24)22-13-7-12-19(22)20-21-17-10-5-6-11-18(17)23(20)14-16-8-3-2-4-9-16/h5-6,10-11,16,19H,2-4,7-9,12-14H2,1H3. The van der Waals surface area contributed by atoms with Crippen molar-refractivity contribution in [3.05, 3.63) is 30.1 Å². The van der Waals surface area contributed by atoms with Gasteiger partial charge in [-0.1, -0.05) is 31.4 Å². The number of likely N-dealkylation sites (tertiary alicyclic amines) is 1. The second kappa shape index (κ2) is 6.58. The van der Waals surface area contributed by atoms with E-state index in [4.69, 9.17) is 4.98 Å². The fourth-order valence-electron chi connectivity index (χ4n) is 4.58. The molecule has 4 heteroatoms. The van der Waals surface area contributed by atoms with Gasteiger partial charge in [-0.05, 0) is 43.7 Å². The number of fused-ring (bicyclic) bond motifs is 1. The smallest absolute Gasteiger partial charge is 0.220 e. The van der Waals surface area contributed by atoms with Crippen molar-refractivity contribution in [3.8, 4) is 0 Å². The number of hydrogen-bond acceptors (Lipinski definition) is 2. The first-order valence-electron chi connectivity index (χ1n) is 9.46. The number of carbonyl (C=O) groups excluding carboxylic acids is 1. The molecule has 0 bridgehead atoms. The minimum absolute atomic E-state index is 0.151. The Morgan fingerprint density at radius 1 is 1.12 bits per heavy atom. The molecule has 0 spiro atoms. The molecule has 1 unspecified atom stereocenters. The van der Waals surface area contributed by atoms with E-state index in [2.05, 4.69) is 28.8 Å². The van der Waals surface area contributed by atoms with E-state index in [1.165, 1.54) is 37.6 Å². The van der Waals surface area contributed by atoms with Crippen molar-refractivity contribution in [3.63, 3.8) is 0 Å². The van der Waals surface area contributed by atoms with Crippen LogP contribution in [0.15, 0.2) is 24.3 Å². The van der Waals surface area contributed by atoms with Crippen LogP contribution in [0.25, 0.3) is 11.0 Å². The minimum atomic E-state index is 0.151. The van der Waals surface area contributed by atoms with E-state index in [1.54, 1.807) is 6.92 Å². The van der Waals surface area contributed by atoms with E-state index in [0.29, 0.717) is 0 Å². The molecule has 4 rings (SSSR count). The van der Waals surface area contributed by atoms with Gasteiger partial charge in [-0.15, -0.1) is 0 Å². The number of carbonyl (C=O) groups is 1. The Labute approximate surface area is 143 Å². The number of imidazole rings is 1. The fourth-order valence-corrected chi connectivity index (χ4v) is 4.58. The highest BCUT2D eigenvalue weighted by Gasteiger charge is 2.32. The maximum Gasteiger partial charge on any atom is 0.220 e. The molecule has 0 N–H and O–H groups in total. The molecule has 2 aromatic rings. The Hall–Kier alpha value is -1.84. The van der Waals surface area contributed by atoms with Gasteiger partial charge in [0.1, 0.15) is 5.82 Å². The second-order valence-corrected chi connectivity index (χ2v) is 7.44. The fraction of sp³-hybridized carbons (Fsp3) is 0.600. The molecule has 1 aromatic carbocycles. The molecular weight excluding hydrogens is 298 g/mol. The van der Waals surface area contributed by atoms with Crippen LogP contribution < -0.4 is 0 Å². The monoisotopic (exact) mass is 325 g/mol. The average molecular weight is 325 g/mol. The van der Waals surface area contributed by atoms with Crippen LogP contribution in [0.3, 0.4) is 0 Å². The van der Waals surface area contributed by atoms with E-state index in [0.717, 1.165) is 43.2 Å². The van der Waals surface area contributed by atoms with Gasteiger partial charge < -0.3 is 9.47 Å². The predicted octanol–water partition coefficient (Wildman–Crippen LogP) is 4.30. The third-order valence-corrected chi connectivity index (χ3v) is 5.80. The third kappa shape index (κ3) is 2.83. The molecule has 1 aliphatic carbocycles. The van der Waals surface area contributed by atoms with Crippen molar-refractivity contribution < 1.29 is 4.79 Å². The van der Waals surface area contributed by atoms with E-state index in [-0.39, 0.29) is 11.9 Å². The minimum Gasteiger partial charge on any atom is -0.333 e. The maximum absolute atomic E-state index is 12.0. The molecule has 2 heterocycles. The average Bonchev–Trinajstić information content (AvgIpc) is 3.21. The van der Waals surface area contributed by atoms with Crippen molar-refractivity contribution in [2.75, 3.05) is 6.54 Å². The Bertz CT molecular complexity index is 730. The van der Waals surface area contributed by atoms with Gasteiger partial charge in [-0.2, -0.15) is 0 Å². The van der Waals surface area contributed by atoms with Crippen LogP contribution in [0, 0.1) is 5.92 Å². The number of para-hydroxylation sites is 2. The van der Waals surface area contributed by atoms with Gasteiger partial charge in [0.25, 0.3) is 0 Å². The molecule has 128 valence electrons. The number of amides is 1. The summed E-state index contributed by atoms with van der Waals surface area (Å²) in [6.45, 7) is 3.61. The van der Waals surface area contributed by atoms with Crippen molar-refractivity contribution in [2.45, 2.75) is 64.5 Å². The first-order chi connectivity index (χ1) is 11.7. The first kappa shape index (κ1) is 15.7. The van der Waals surface area contributed by atoms with Gasteiger partial charge in [-0.25, -0.2) is 4.98 Å². The number of aromatic nitrogens is 2. The van der Waals surface area contributed by atoms with Gasteiger partial charge in [-0.3, -0.25) is 4.79 Å². The SMILES string of the molecule is CC(=O)N1CCCC1c1nc2ccccc2n1CC1CCCCC1. The van der Waals surface area contributed by atoms with E-state index in [1.807, 2.05) is 4.90 Å². The summed E-state index contributed by atoms with van der Waals surface area (Å²) in [6, 6.07) is 8.59. The van der Waals surface area contributed by atoms with Crippen LogP contribution in [0.5, 0.6) is 0 Å². The molecule has 24 heavy (non-hydrogen) atoms. The largest absolute Gasteiger partial charge is 0.333 e. The highest BCUT2D eigenvalue weighted by molar-refractivity contribution is 5.77. The van der Waals surface area contributed by atoms with E-state index < -0.39 is 0 Å². The summed E-state index contributed by atoms with van der Waals surface area (Å²) in [7, 11) is 0. The molecular formula is C20H27N3O. The van der Waals surface area contributed by atoms with Gasteiger partial charge in [0.2, 0.25) is 5.91 Å². The van der Waals surface area contributed by atoms with Gasteiger partial charge in [0.15, 0.2) is 0 Å². The zero-order chi connectivity index (χ0) is 16.5. The quantitative estimate of drug-likeness (QED) is 0.844. The number of hydrogen-bond donors (Lipinski definition) is 0. The molecule has 1 atom stereocenters. The number of nitrogens with zero attached hydrogens (tertiary/aromatic N) is 3. The summed E-state index contributed by atoms with van der Waals surface area (Å²) in [4.78, 5) is 19.0. The van der Waals surface area contributed by atoms with E-state index in [9.17, 15) is 4.79 Å². The van der Waals surface area contributed by atoms with E-state index >= 15 is 0 Å². The Morgan fingerprint density at radius 3 is 2.71 bits per heavy atom. The third-order valence-electron chi connectivity index (χ3n) is 5.80. The number of rotatable bonds is 3. The molecule has 1 amide bonds. The van der Waals surface area contributed by atoms with Gasteiger partial charge in [0.05, 0.1) is 17.1 Å². The molecule has 4 nitrogen and oxygen atoms in total. The van der Waals surface area contributed by atoms with Crippen LogP contribution in [0.1, 0.15) is 63.7 Å². The van der Waals surface area contributed by atoms with Crippen LogP contribution in [-0.4, -0.2) is 26.9 Å². The van der Waals surface area contributed by atoms with Crippen LogP contribution in [0.2, 0.25) is 0 Å². The van der Waals surface area contributed by atoms with Crippen molar-refractivity contribution in [1.29, 1.82) is 0 Å². The Kier molecular flexibility index (Phi) is 4.30. The molecule has 1 aliphatic heterocycles. The zero-order valence-corrected chi connectivity index (χ0v) is 14.6. The lowest BCUT2D eigenvalue weighted by molar-refractivity contribution is -0.129. The van der Waals surface area contributed by atoms with Crippen molar-refractivity contribution >= 4 is 16.9 Å². The van der Waals surface area contributed by atoms with Gasteiger partial charge >= 0.3 is 0 Å². The highest BCUT2D eigenvalue weighted by atomic mass is 16.2. The predicted molar refractivity (Wildman–Crippen MR) is 95.7 cm³/mol. The van der Waals surface area contributed by atoms with Crippen molar-refractivity contribution in [2.24, 2.45) is 5.92 Å². The van der Waals surface area contributed by atoms with Crippen LogP contribution >= 0.6 is 0 Å². The summed E-state index contributed by atoms with van der Waals surface area (Å²) in [5.74, 6) is 2.03. The lowest BCUT2D eigenvalue weighted by Crippen LogP contribution is -2.30. The van der Waals surface area contributed by atoms with Crippen LogP contribution in [-0.2, 0) is 11.3 Å². The molecule has 2 fully saturated rings. The normalized spacial score (nSPS) is 22.4. The Morgan fingerprint density at radius 2 is 1.92 bits per heavy atom. The summed E-state index contributed by atoms with van der Waals surface area (Å²) in [5.41, 5.74) is 2.30. The highest BCUT2D eigenvalue weighted by Crippen LogP contribution is 2.35. The lowest BCUT2D eigenvalue weighted by Gasteiger charge is -2.27. The van der Waals surface area contributed by atoms with Crippen molar-refractivity contribution in [1.82, 2.24) is 14.5 Å². The molecule has 1 aromatic heterocycles. The molecule has 1 saturated heterocycles. The van der Waals surface area contributed by atoms with Crippen LogP contribution in [0.4, 0.5) is 0 Å². The second-order valence-electron chi connectivity index (χ2n) is 7.44. The maximum atomic E-state index is 12.0. The zero-order valence-electron chi connectivity index (χ0n) is 14.6. The topological polar surface area (TPSA) is 38.1 Å².